The summed E-state index contributed by atoms with van der Waals surface area (Å²) in [5, 5.41) is 18.5. The summed E-state index contributed by atoms with van der Waals surface area (Å²) in [4.78, 5) is 0. The molecule has 0 heterocycles. The third kappa shape index (κ3) is 2.16. The molecule has 0 saturated heterocycles. The second kappa shape index (κ2) is 5.61. The van der Waals surface area contributed by atoms with Gasteiger partial charge in [0.1, 0.15) is 23.5 Å². The van der Waals surface area contributed by atoms with Crippen LogP contribution in [0.15, 0.2) is 12.1 Å². The average molecular weight is 366 g/mol. The fraction of sp³-hybridized carbons (Fsp3) is 0.579. The number of alkyl halides is 4. The molecule has 3 fully saturated rings. The predicted octanol–water partition coefficient (Wildman–Crippen LogP) is 4.97. The molecule has 26 heavy (non-hydrogen) atoms. The zero-order chi connectivity index (χ0) is 19.4. The molecule has 0 spiro atoms. The Morgan fingerprint density at radius 2 is 1.54 bits per heavy atom. The van der Waals surface area contributed by atoms with Crippen LogP contribution in [-0.4, -0.2) is 18.5 Å². The Morgan fingerprint density at radius 3 is 2.08 bits per heavy atom. The normalized spacial score (nSPS) is 31.1. The van der Waals surface area contributed by atoms with Gasteiger partial charge in [-0.2, -0.15) is 28.1 Å². The van der Waals surface area contributed by atoms with E-state index in [0.29, 0.717) is 5.56 Å². The van der Waals surface area contributed by atoms with Crippen molar-refractivity contribution < 1.29 is 22.3 Å². The summed E-state index contributed by atoms with van der Waals surface area (Å²) in [6.07, 6.45) is -0.126. The van der Waals surface area contributed by atoms with E-state index < -0.39 is 29.3 Å². The first kappa shape index (κ1) is 18.5. The molecule has 0 radical (unpaired) electrons. The number of rotatable bonds is 3. The molecule has 7 heteroatoms. The molecule has 1 aromatic rings. The number of aryl methyl sites for hydroxylation is 1. The Bertz CT molecular complexity index is 827. The van der Waals surface area contributed by atoms with Gasteiger partial charge in [-0.15, -0.1) is 0 Å². The van der Waals surface area contributed by atoms with Crippen LogP contribution in [-0.2, 0) is 0 Å². The summed E-state index contributed by atoms with van der Waals surface area (Å²) >= 11 is 0. The van der Waals surface area contributed by atoms with E-state index in [1.807, 2.05) is 12.1 Å². The molecule has 4 rings (SSSR count). The predicted molar refractivity (Wildman–Crippen MR) is 85.0 cm³/mol. The van der Waals surface area contributed by atoms with Crippen molar-refractivity contribution >= 4 is 0 Å². The average Bonchev–Trinajstić information content (AvgIpc) is 2.60. The molecule has 138 valence electrons. The largest absolute Gasteiger partial charge is 0.491 e. The van der Waals surface area contributed by atoms with Gasteiger partial charge >= 0.3 is 11.8 Å². The minimum atomic E-state index is -4.19. The van der Waals surface area contributed by atoms with Gasteiger partial charge in [0.2, 0.25) is 0 Å². The maximum absolute atomic E-state index is 14.7. The Kier molecular flexibility index (Phi) is 3.99. The van der Waals surface area contributed by atoms with E-state index in [-0.39, 0.29) is 42.6 Å². The highest BCUT2D eigenvalue weighted by molar-refractivity contribution is 5.57. The molecule has 3 nitrogen and oxygen atoms in total. The van der Waals surface area contributed by atoms with Crippen LogP contribution in [0.25, 0.3) is 0 Å². The molecular formula is C19H18F4N2O. The zero-order valence-corrected chi connectivity index (χ0v) is 14.5. The lowest BCUT2D eigenvalue weighted by molar-refractivity contribution is -0.367. The van der Waals surface area contributed by atoms with Gasteiger partial charge in [0.25, 0.3) is 0 Å². The van der Waals surface area contributed by atoms with Gasteiger partial charge in [-0.1, -0.05) is 13.0 Å². The number of ether oxygens (including phenoxy) is 1. The van der Waals surface area contributed by atoms with Gasteiger partial charge in [-0.3, -0.25) is 0 Å². The van der Waals surface area contributed by atoms with Crippen LogP contribution in [0.3, 0.4) is 0 Å². The Balaban J connectivity index is 1.94. The van der Waals surface area contributed by atoms with Gasteiger partial charge in [0, 0.05) is 5.41 Å². The number of halogens is 4. The molecule has 3 aliphatic rings. The topological polar surface area (TPSA) is 56.8 Å². The van der Waals surface area contributed by atoms with E-state index in [4.69, 9.17) is 4.74 Å². The Labute approximate surface area is 149 Å². The minimum absolute atomic E-state index is 0.00139. The molecule has 3 saturated carbocycles. The maximum Gasteiger partial charge on any atom is 0.319 e. The summed E-state index contributed by atoms with van der Waals surface area (Å²) in [6, 6.07) is 6.69. The second-order valence-electron chi connectivity index (χ2n) is 7.63. The van der Waals surface area contributed by atoms with Crippen molar-refractivity contribution in [1.29, 1.82) is 10.5 Å². The van der Waals surface area contributed by atoms with Crippen molar-refractivity contribution in [3.05, 3.63) is 28.8 Å². The minimum Gasteiger partial charge on any atom is -0.491 e. The lowest BCUT2D eigenvalue weighted by Gasteiger charge is -2.59. The smallest absolute Gasteiger partial charge is 0.319 e. The molecule has 1 aromatic carbocycles. The molecule has 0 aromatic heterocycles. The SMILES string of the molecule is Cc1ccc(OCC23CCC(C)(CC2)C(F)(F)C3(F)F)c(C#N)c1C#N. The van der Waals surface area contributed by atoms with Crippen molar-refractivity contribution in [2.75, 3.05) is 6.61 Å². The highest BCUT2D eigenvalue weighted by atomic mass is 19.3. The lowest BCUT2D eigenvalue weighted by atomic mass is 9.50. The molecule has 0 unspecified atom stereocenters. The molecular weight excluding hydrogens is 348 g/mol. The summed E-state index contributed by atoms with van der Waals surface area (Å²) in [6.45, 7) is 2.24. The van der Waals surface area contributed by atoms with Gasteiger partial charge in [-0.25, -0.2) is 0 Å². The summed E-state index contributed by atoms with van der Waals surface area (Å²) in [5.41, 5.74) is -3.08. The third-order valence-corrected chi connectivity index (χ3v) is 6.23. The van der Waals surface area contributed by atoms with Crippen LogP contribution in [0.5, 0.6) is 5.75 Å². The van der Waals surface area contributed by atoms with Crippen molar-refractivity contribution in [3.63, 3.8) is 0 Å². The van der Waals surface area contributed by atoms with E-state index in [1.165, 1.54) is 19.1 Å². The number of nitriles is 2. The molecule has 0 amide bonds. The second-order valence-corrected chi connectivity index (χ2v) is 7.63. The van der Waals surface area contributed by atoms with Gasteiger partial charge in [0.15, 0.2) is 0 Å². The number of benzene rings is 1. The van der Waals surface area contributed by atoms with Crippen LogP contribution in [0, 0.1) is 40.4 Å². The van der Waals surface area contributed by atoms with Crippen molar-refractivity contribution in [2.45, 2.75) is 51.4 Å². The Morgan fingerprint density at radius 1 is 0.962 bits per heavy atom. The lowest BCUT2D eigenvalue weighted by Crippen LogP contribution is -2.70. The number of hydrogen-bond acceptors (Lipinski definition) is 3. The van der Waals surface area contributed by atoms with E-state index in [9.17, 15) is 28.1 Å². The number of hydrogen-bond donors (Lipinski definition) is 0. The first-order valence-corrected chi connectivity index (χ1v) is 8.37. The maximum atomic E-state index is 14.7. The molecule has 2 bridgehead atoms. The van der Waals surface area contributed by atoms with Crippen molar-refractivity contribution in [3.8, 4) is 17.9 Å². The summed E-state index contributed by atoms with van der Waals surface area (Å²) in [7, 11) is 0. The zero-order valence-electron chi connectivity index (χ0n) is 14.5. The van der Waals surface area contributed by atoms with Gasteiger partial charge < -0.3 is 4.74 Å². The van der Waals surface area contributed by atoms with Crippen LogP contribution in [0.1, 0.15) is 49.3 Å². The summed E-state index contributed by atoms with van der Waals surface area (Å²) < 4.78 is 63.8. The van der Waals surface area contributed by atoms with Crippen LogP contribution < -0.4 is 4.74 Å². The van der Waals surface area contributed by atoms with Crippen LogP contribution in [0.4, 0.5) is 17.6 Å². The monoisotopic (exact) mass is 366 g/mol. The standard InChI is InChI=1S/C19H18F4N2O/c1-12-3-4-15(14(10-25)13(12)9-24)26-11-17-7-5-16(2,6-8-17)18(20,21)19(17,22)23/h3-4H,5-8,11H2,1-2H3. The quantitative estimate of drug-likeness (QED) is 0.710. The number of fused-ring (bicyclic) bond motifs is 3. The number of nitrogens with zero attached hydrogens (tertiary/aromatic N) is 2. The third-order valence-electron chi connectivity index (χ3n) is 6.23. The fourth-order valence-electron chi connectivity index (χ4n) is 4.13. The highest BCUT2D eigenvalue weighted by Gasteiger charge is 2.80. The Hall–Kier alpha value is -2.28. The molecule has 3 aliphatic carbocycles. The van der Waals surface area contributed by atoms with E-state index in [2.05, 4.69) is 0 Å². The van der Waals surface area contributed by atoms with E-state index in [0.717, 1.165) is 0 Å². The van der Waals surface area contributed by atoms with Crippen molar-refractivity contribution in [2.24, 2.45) is 10.8 Å². The van der Waals surface area contributed by atoms with E-state index >= 15 is 0 Å². The van der Waals surface area contributed by atoms with Gasteiger partial charge in [0.05, 0.1) is 17.6 Å². The highest BCUT2D eigenvalue weighted by Crippen LogP contribution is 2.70. The molecule has 0 atom stereocenters. The van der Waals surface area contributed by atoms with Crippen LogP contribution in [0.2, 0.25) is 0 Å². The van der Waals surface area contributed by atoms with Crippen LogP contribution >= 0.6 is 0 Å². The first-order chi connectivity index (χ1) is 12.1. The van der Waals surface area contributed by atoms with Crippen molar-refractivity contribution in [1.82, 2.24) is 0 Å². The molecule has 0 N–H and O–H groups in total. The summed E-state index contributed by atoms with van der Waals surface area (Å²) in [5.74, 6) is -8.33. The first-order valence-electron chi connectivity index (χ1n) is 8.37. The van der Waals surface area contributed by atoms with E-state index in [1.54, 1.807) is 6.92 Å². The fourth-order valence-corrected chi connectivity index (χ4v) is 4.13. The molecule has 0 aliphatic heterocycles. The van der Waals surface area contributed by atoms with Gasteiger partial charge in [-0.05, 0) is 44.2 Å².